The number of hydrogen-bond donors (Lipinski definition) is 2. The summed E-state index contributed by atoms with van der Waals surface area (Å²) in [5, 5.41) is 18.8. The van der Waals surface area contributed by atoms with E-state index in [1.54, 1.807) is 24.4 Å². The standard InChI is InChI=1S/C27H21F2N3O3/c28-20-9-16(10-21(29)13-20)8-18(27-32-31-26(35-27)17-4-2-1-3-5-17)11-23(34)12-19-15-30-25-7-6-22(33)14-24(19)25/h1-7,9-10,13-15,18,30,33H,8,11-12H2/t18-/m1/s1. The van der Waals surface area contributed by atoms with Crippen molar-refractivity contribution < 1.29 is 23.1 Å². The molecule has 0 saturated heterocycles. The first-order valence-corrected chi connectivity index (χ1v) is 11.1. The van der Waals surface area contributed by atoms with Crippen molar-refractivity contribution in [3.8, 4) is 17.2 Å². The van der Waals surface area contributed by atoms with E-state index in [9.17, 15) is 18.7 Å². The second-order valence-corrected chi connectivity index (χ2v) is 8.45. The number of ketones is 1. The molecule has 8 heteroatoms. The van der Waals surface area contributed by atoms with Crippen molar-refractivity contribution in [2.45, 2.75) is 25.2 Å². The fourth-order valence-corrected chi connectivity index (χ4v) is 4.23. The third-order valence-electron chi connectivity index (χ3n) is 5.83. The number of H-pyrrole nitrogens is 1. The van der Waals surface area contributed by atoms with Gasteiger partial charge < -0.3 is 14.5 Å². The number of phenolic OH excluding ortho intramolecular Hbond substituents is 1. The van der Waals surface area contributed by atoms with Crippen molar-refractivity contribution in [1.29, 1.82) is 0 Å². The number of Topliss-reactive ketones (excluding diaryl/α,β-unsaturated/α-hetero) is 1. The Morgan fingerprint density at radius 3 is 2.54 bits per heavy atom. The van der Waals surface area contributed by atoms with E-state index in [1.807, 2.05) is 30.3 Å². The summed E-state index contributed by atoms with van der Waals surface area (Å²) in [5.74, 6) is -1.45. The number of phenols is 1. The summed E-state index contributed by atoms with van der Waals surface area (Å²) in [6.07, 6.45) is 2.02. The first-order chi connectivity index (χ1) is 16.9. The highest BCUT2D eigenvalue weighted by atomic mass is 19.1. The highest BCUT2D eigenvalue weighted by Gasteiger charge is 2.24. The molecule has 0 fully saturated rings. The minimum atomic E-state index is -0.695. The van der Waals surface area contributed by atoms with Gasteiger partial charge in [0.25, 0.3) is 0 Å². The maximum atomic E-state index is 13.8. The van der Waals surface area contributed by atoms with Gasteiger partial charge in [-0.25, -0.2) is 8.78 Å². The van der Waals surface area contributed by atoms with E-state index in [-0.39, 0.29) is 36.7 Å². The summed E-state index contributed by atoms with van der Waals surface area (Å²) >= 11 is 0. The number of aromatic hydroxyl groups is 1. The lowest BCUT2D eigenvalue weighted by Crippen LogP contribution is -2.13. The number of fused-ring (bicyclic) bond motifs is 1. The van der Waals surface area contributed by atoms with E-state index in [0.29, 0.717) is 11.5 Å². The Labute approximate surface area is 199 Å². The van der Waals surface area contributed by atoms with Crippen LogP contribution in [-0.4, -0.2) is 26.1 Å². The van der Waals surface area contributed by atoms with E-state index in [4.69, 9.17) is 4.42 Å². The van der Waals surface area contributed by atoms with Crippen molar-refractivity contribution in [2.75, 3.05) is 0 Å². The van der Waals surface area contributed by atoms with Crippen LogP contribution in [0.25, 0.3) is 22.4 Å². The molecule has 1 atom stereocenters. The Morgan fingerprint density at radius 2 is 1.77 bits per heavy atom. The van der Waals surface area contributed by atoms with E-state index in [0.717, 1.165) is 28.1 Å². The van der Waals surface area contributed by atoms with Crippen LogP contribution in [0.3, 0.4) is 0 Å². The maximum absolute atomic E-state index is 13.8. The molecular weight excluding hydrogens is 452 g/mol. The number of nitrogens with zero attached hydrogens (tertiary/aromatic N) is 2. The molecule has 5 rings (SSSR count). The molecule has 0 unspecified atom stereocenters. The summed E-state index contributed by atoms with van der Waals surface area (Å²) < 4.78 is 33.5. The lowest BCUT2D eigenvalue weighted by molar-refractivity contribution is -0.118. The molecule has 0 aliphatic rings. The van der Waals surface area contributed by atoms with Crippen molar-refractivity contribution >= 4 is 16.7 Å². The summed E-state index contributed by atoms with van der Waals surface area (Å²) in [6, 6.07) is 17.4. The van der Waals surface area contributed by atoms with Gasteiger partial charge in [-0.1, -0.05) is 18.2 Å². The van der Waals surface area contributed by atoms with E-state index < -0.39 is 17.6 Å². The second-order valence-electron chi connectivity index (χ2n) is 8.45. The summed E-state index contributed by atoms with van der Waals surface area (Å²) in [6.45, 7) is 0. The molecule has 0 amide bonds. The van der Waals surface area contributed by atoms with Crippen molar-refractivity contribution in [2.24, 2.45) is 0 Å². The third kappa shape index (κ3) is 5.11. The molecule has 0 saturated carbocycles. The van der Waals surface area contributed by atoms with E-state index >= 15 is 0 Å². The van der Waals surface area contributed by atoms with Crippen LogP contribution in [0, 0.1) is 11.6 Å². The number of rotatable bonds is 8. The number of nitrogens with one attached hydrogen (secondary N) is 1. The Balaban J connectivity index is 1.42. The molecule has 6 nitrogen and oxygen atoms in total. The van der Waals surface area contributed by atoms with Gasteiger partial charge in [0.1, 0.15) is 23.2 Å². The number of aromatic amines is 1. The summed E-state index contributed by atoms with van der Waals surface area (Å²) in [4.78, 5) is 16.2. The number of carbonyl (C=O) groups is 1. The monoisotopic (exact) mass is 473 g/mol. The lowest BCUT2D eigenvalue weighted by atomic mass is 9.92. The van der Waals surface area contributed by atoms with Gasteiger partial charge >= 0.3 is 0 Å². The van der Waals surface area contributed by atoms with Gasteiger partial charge in [0.2, 0.25) is 11.8 Å². The molecule has 0 bridgehead atoms. The van der Waals surface area contributed by atoms with Crippen molar-refractivity contribution in [1.82, 2.24) is 15.2 Å². The van der Waals surface area contributed by atoms with Crippen LogP contribution < -0.4 is 0 Å². The topological polar surface area (TPSA) is 92.0 Å². The van der Waals surface area contributed by atoms with E-state index in [2.05, 4.69) is 15.2 Å². The highest BCUT2D eigenvalue weighted by Crippen LogP contribution is 2.29. The van der Waals surface area contributed by atoms with Crippen molar-refractivity contribution in [3.05, 3.63) is 102 Å². The van der Waals surface area contributed by atoms with Gasteiger partial charge in [0.05, 0.1) is 0 Å². The molecule has 176 valence electrons. The molecule has 5 aromatic rings. The Kier molecular flexibility index (Phi) is 6.10. The molecule has 0 aliphatic carbocycles. The Bertz CT molecular complexity index is 1470. The predicted octanol–water partition coefficient (Wildman–Crippen LogP) is 5.73. The summed E-state index contributed by atoms with van der Waals surface area (Å²) in [5.41, 5.74) is 2.66. The fourth-order valence-electron chi connectivity index (χ4n) is 4.23. The SMILES string of the molecule is O=C(Cc1c[nH]c2ccc(O)cc12)C[C@@H](Cc1cc(F)cc(F)c1)c1nnc(-c2ccccc2)o1. The fraction of sp³-hybridized carbons (Fsp3) is 0.148. The van der Waals surface area contributed by atoms with Crippen molar-refractivity contribution in [3.63, 3.8) is 0 Å². The molecular formula is C27H21F2N3O3. The predicted molar refractivity (Wildman–Crippen MR) is 126 cm³/mol. The van der Waals surface area contributed by atoms with Crippen LogP contribution in [0.15, 0.2) is 77.3 Å². The molecule has 0 radical (unpaired) electrons. The van der Waals surface area contributed by atoms with Crippen LogP contribution in [0.4, 0.5) is 8.78 Å². The van der Waals surface area contributed by atoms with Gasteiger partial charge in [0, 0.05) is 47.5 Å². The zero-order chi connectivity index (χ0) is 24.4. The van der Waals surface area contributed by atoms with Gasteiger partial charge in [-0.05, 0) is 60.0 Å². The average molecular weight is 473 g/mol. The van der Waals surface area contributed by atoms with Gasteiger partial charge in [-0.3, -0.25) is 4.79 Å². The third-order valence-corrected chi connectivity index (χ3v) is 5.83. The zero-order valence-electron chi connectivity index (χ0n) is 18.5. The number of benzene rings is 3. The highest BCUT2D eigenvalue weighted by molar-refractivity contribution is 5.90. The molecule has 35 heavy (non-hydrogen) atoms. The molecule has 3 aromatic carbocycles. The minimum absolute atomic E-state index is 0.0278. The van der Waals surface area contributed by atoms with Crippen LogP contribution in [0.5, 0.6) is 5.75 Å². The lowest BCUT2D eigenvalue weighted by Gasteiger charge is -2.13. The summed E-state index contributed by atoms with van der Waals surface area (Å²) in [7, 11) is 0. The normalized spacial score (nSPS) is 12.2. The molecule has 2 aromatic heterocycles. The Morgan fingerprint density at radius 1 is 1.00 bits per heavy atom. The molecule has 2 N–H and O–H groups in total. The Hall–Kier alpha value is -4.33. The number of hydrogen-bond acceptors (Lipinski definition) is 5. The van der Waals surface area contributed by atoms with Gasteiger partial charge in [0.15, 0.2) is 0 Å². The zero-order valence-corrected chi connectivity index (χ0v) is 18.5. The number of carbonyl (C=O) groups excluding carboxylic acids is 1. The number of aromatic nitrogens is 3. The van der Waals surface area contributed by atoms with Crippen LogP contribution in [0.2, 0.25) is 0 Å². The maximum Gasteiger partial charge on any atom is 0.247 e. The van der Waals surface area contributed by atoms with Gasteiger partial charge in [-0.2, -0.15) is 0 Å². The van der Waals surface area contributed by atoms with Crippen LogP contribution in [-0.2, 0) is 17.6 Å². The molecule has 0 spiro atoms. The largest absolute Gasteiger partial charge is 0.508 e. The second kappa shape index (κ2) is 9.50. The quantitative estimate of drug-likeness (QED) is 0.300. The smallest absolute Gasteiger partial charge is 0.247 e. The van der Waals surface area contributed by atoms with Crippen LogP contribution in [0.1, 0.15) is 29.4 Å². The average Bonchev–Trinajstić information content (AvgIpc) is 3.46. The first-order valence-electron chi connectivity index (χ1n) is 11.1. The van der Waals surface area contributed by atoms with Crippen LogP contribution >= 0.6 is 0 Å². The van der Waals surface area contributed by atoms with E-state index in [1.165, 1.54) is 12.1 Å². The minimum Gasteiger partial charge on any atom is -0.508 e. The molecule has 2 heterocycles. The first kappa shape index (κ1) is 22.5. The molecule has 0 aliphatic heterocycles. The number of halogens is 2. The van der Waals surface area contributed by atoms with Gasteiger partial charge in [-0.15, -0.1) is 10.2 Å².